The van der Waals surface area contributed by atoms with E-state index in [1.807, 2.05) is 0 Å². The van der Waals surface area contributed by atoms with Crippen LogP contribution in [0.3, 0.4) is 0 Å². The van der Waals surface area contributed by atoms with Crippen LogP contribution in [0.1, 0.15) is 40.5 Å². The third kappa shape index (κ3) is 5.44. The van der Waals surface area contributed by atoms with Crippen LogP contribution >= 0.6 is 0 Å². The number of hydrogen-bond acceptors (Lipinski definition) is 6. The Morgan fingerprint density at radius 2 is 1.55 bits per heavy atom. The predicted molar refractivity (Wildman–Crippen MR) is 82.3 cm³/mol. The van der Waals surface area contributed by atoms with Gasteiger partial charge in [0.1, 0.15) is 24.4 Å². The average Bonchev–Trinajstić information content (AvgIpc) is 2.42. The zero-order valence-electron chi connectivity index (χ0n) is 14.3. The topological polar surface area (TPSA) is 88.4 Å². The maximum absolute atomic E-state index is 10.2. The van der Waals surface area contributed by atoms with Crippen molar-refractivity contribution in [3.63, 3.8) is 0 Å². The lowest BCUT2D eigenvalue weighted by molar-refractivity contribution is -0.316. The van der Waals surface area contributed by atoms with E-state index in [1.165, 1.54) is 7.11 Å². The first kappa shape index (κ1) is 19.8. The molecule has 1 saturated heterocycles. The molecular weight excluding hydrogens is 288 g/mol. The number of hydrogen-bond donors (Lipinski definition) is 3. The van der Waals surface area contributed by atoms with Gasteiger partial charge in [0.15, 0.2) is 6.29 Å². The second-order valence-corrected chi connectivity index (χ2v) is 6.92. The van der Waals surface area contributed by atoms with Crippen molar-refractivity contribution in [3.05, 3.63) is 0 Å². The third-order valence-electron chi connectivity index (χ3n) is 3.89. The summed E-state index contributed by atoms with van der Waals surface area (Å²) in [7, 11) is 1.41. The maximum atomic E-state index is 10.2. The highest BCUT2D eigenvalue weighted by atomic mass is 16.7. The van der Waals surface area contributed by atoms with Crippen molar-refractivity contribution in [2.75, 3.05) is 13.7 Å². The van der Waals surface area contributed by atoms with Gasteiger partial charge >= 0.3 is 0 Å². The molecule has 1 heterocycles. The average molecular weight is 320 g/mol. The minimum atomic E-state index is -1.20. The maximum Gasteiger partial charge on any atom is 0.186 e. The van der Waals surface area contributed by atoms with Crippen LogP contribution < -0.4 is 0 Å². The van der Waals surface area contributed by atoms with Crippen molar-refractivity contribution in [1.82, 2.24) is 0 Å². The van der Waals surface area contributed by atoms with Crippen molar-refractivity contribution in [2.45, 2.75) is 77.3 Å². The van der Waals surface area contributed by atoms with Gasteiger partial charge in [-0.25, -0.2) is 0 Å². The van der Waals surface area contributed by atoms with Gasteiger partial charge in [-0.05, 0) is 24.7 Å². The van der Waals surface area contributed by atoms with E-state index in [4.69, 9.17) is 14.2 Å². The van der Waals surface area contributed by atoms with E-state index in [9.17, 15) is 15.3 Å². The summed E-state index contributed by atoms with van der Waals surface area (Å²) in [5.41, 5.74) is 0. The van der Waals surface area contributed by atoms with E-state index < -0.39 is 30.7 Å². The van der Waals surface area contributed by atoms with Gasteiger partial charge in [-0.1, -0.05) is 27.7 Å². The Bertz CT molecular complexity index is 297. The zero-order valence-corrected chi connectivity index (χ0v) is 14.3. The number of ether oxygens (including phenoxy) is 3. The van der Waals surface area contributed by atoms with E-state index >= 15 is 0 Å². The van der Waals surface area contributed by atoms with Gasteiger partial charge in [-0.3, -0.25) is 0 Å². The summed E-state index contributed by atoms with van der Waals surface area (Å²) in [5.74, 6) is 0.907. The summed E-state index contributed by atoms with van der Waals surface area (Å²) in [4.78, 5) is 0. The molecule has 0 amide bonds. The fourth-order valence-electron chi connectivity index (χ4n) is 2.90. The molecule has 0 aliphatic carbocycles. The van der Waals surface area contributed by atoms with E-state index in [1.54, 1.807) is 0 Å². The summed E-state index contributed by atoms with van der Waals surface area (Å²) < 4.78 is 16.6. The molecule has 0 bridgehead atoms. The van der Waals surface area contributed by atoms with Gasteiger partial charge in [0, 0.05) is 7.11 Å². The van der Waals surface area contributed by atoms with Crippen LogP contribution in [-0.2, 0) is 14.2 Å². The first-order chi connectivity index (χ1) is 10.3. The molecule has 5 atom stereocenters. The van der Waals surface area contributed by atoms with Crippen LogP contribution in [0.15, 0.2) is 0 Å². The van der Waals surface area contributed by atoms with Crippen LogP contribution in [0.2, 0.25) is 0 Å². The molecule has 1 aliphatic heterocycles. The van der Waals surface area contributed by atoms with E-state index in [0.29, 0.717) is 11.8 Å². The first-order valence-corrected chi connectivity index (χ1v) is 8.10. The van der Waals surface area contributed by atoms with Crippen LogP contribution in [0, 0.1) is 11.8 Å². The summed E-state index contributed by atoms with van der Waals surface area (Å²) in [5, 5.41) is 29.7. The highest BCUT2D eigenvalue weighted by Gasteiger charge is 2.45. The van der Waals surface area contributed by atoms with Gasteiger partial charge in [-0.2, -0.15) is 0 Å². The number of rotatable bonds is 8. The van der Waals surface area contributed by atoms with Crippen molar-refractivity contribution in [2.24, 2.45) is 11.8 Å². The molecule has 3 N–H and O–H groups in total. The molecule has 6 heteroatoms. The van der Waals surface area contributed by atoms with Crippen molar-refractivity contribution < 1.29 is 29.5 Å². The lowest BCUT2D eigenvalue weighted by atomic mass is 9.96. The molecule has 0 aromatic rings. The minimum Gasteiger partial charge on any atom is -0.394 e. The highest BCUT2D eigenvalue weighted by molar-refractivity contribution is 4.90. The molecule has 0 aromatic heterocycles. The molecule has 1 aliphatic rings. The molecule has 0 saturated carbocycles. The predicted octanol–water partition coefficient (Wildman–Crippen LogP) is 0.918. The third-order valence-corrected chi connectivity index (χ3v) is 3.89. The van der Waals surface area contributed by atoms with Gasteiger partial charge in [0.05, 0.1) is 12.7 Å². The van der Waals surface area contributed by atoms with Crippen molar-refractivity contribution in [1.29, 1.82) is 0 Å². The Kier molecular flexibility index (Phi) is 8.24. The van der Waals surface area contributed by atoms with Gasteiger partial charge in [0.25, 0.3) is 0 Å². The summed E-state index contributed by atoms with van der Waals surface area (Å²) in [6, 6.07) is 0. The largest absolute Gasteiger partial charge is 0.394 e. The molecule has 6 nitrogen and oxygen atoms in total. The summed E-state index contributed by atoms with van der Waals surface area (Å²) >= 11 is 0. The Morgan fingerprint density at radius 1 is 1.00 bits per heavy atom. The number of methoxy groups -OCH3 is 1. The van der Waals surface area contributed by atoms with Gasteiger partial charge in [-0.15, -0.1) is 0 Å². The van der Waals surface area contributed by atoms with Crippen molar-refractivity contribution in [3.8, 4) is 0 Å². The SMILES string of the molecule is CO[C@H]1[C@H](O)[C@@H](O)[C@H](OC(CC(C)C)CC(C)C)O[C@@H]1CO. The standard InChI is InChI=1S/C16H32O6/c1-9(2)6-11(7-10(3)4)21-16-14(19)13(18)15(20-5)12(8-17)22-16/h9-19H,6-8H2,1-5H3/t12-,13-,14-,15-,16-/m1/s1. The smallest absolute Gasteiger partial charge is 0.186 e. The second kappa shape index (κ2) is 9.15. The lowest BCUT2D eigenvalue weighted by Gasteiger charge is -2.42. The zero-order chi connectivity index (χ0) is 16.9. The Balaban J connectivity index is 2.75. The van der Waals surface area contributed by atoms with E-state index in [0.717, 1.165) is 12.8 Å². The molecule has 132 valence electrons. The molecule has 0 aromatic carbocycles. The van der Waals surface area contributed by atoms with Crippen LogP contribution in [-0.4, -0.2) is 65.8 Å². The van der Waals surface area contributed by atoms with E-state index in [2.05, 4.69) is 27.7 Å². The van der Waals surface area contributed by atoms with E-state index in [-0.39, 0.29) is 12.7 Å². The molecular formula is C16H32O6. The number of aliphatic hydroxyl groups excluding tert-OH is 3. The molecule has 1 rings (SSSR count). The van der Waals surface area contributed by atoms with Crippen LogP contribution in [0.4, 0.5) is 0 Å². The molecule has 1 fully saturated rings. The molecule has 0 unspecified atom stereocenters. The lowest BCUT2D eigenvalue weighted by Crippen LogP contribution is -2.60. The fourth-order valence-corrected chi connectivity index (χ4v) is 2.90. The Labute approximate surface area is 133 Å². The first-order valence-electron chi connectivity index (χ1n) is 8.10. The summed E-state index contributed by atoms with van der Waals surface area (Å²) in [6.07, 6.45) is -3.17. The quantitative estimate of drug-likeness (QED) is 0.616. The monoisotopic (exact) mass is 320 g/mol. The normalized spacial score (nSPS) is 33.1. The fraction of sp³-hybridized carbons (Fsp3) is 1.00. The van der Waals surface area contributed by atoms with Gasteiger partial charge < -0.3 is 29.5 Å². The van der Waals surface area contributed by atoms with Crippen molar-refractivity contribution >= 4 is 0 Å². The van der Waals surface area contributed by atoms with Crippen LogP contribution in [0.25, 0.3) is 0 Å². The Morgan fingerprint density at radius 3 is 1.95 bits per heavy atom. The molecule has 22 heavy (non-hydrogen) atoms. The number of aliphatic hydroxyl groups is 3. The second-order valence-electron chi connectivity index (χ2n) is 6.92. The molecule has 0 radical (unpaired) electrons. The Hall–Kier alpha value is -0.240. The minimum absolute atomic E-state index is 0.0645. The van der Waals surface area contributed by atoms with Gasteiger partial charge in [0.2, 0.25) is 0 Å². The molecule has 0 spiro atoms. The highest BCUT2D eigenvalue weighted by Crippen LogP contribution is 2.27. The van der Waals surface area contributed by atoms with Crippen LogP contribution in [0.5, 0.6) is 0 Å². The summed E-state index contributed by atoms with van der Waals surface area (Å²) in [6.45, 7) is 8.14.